The Labute approximate surface area is 146 Å². The zero-order valence-electron chi connectivity index (χ0n) is 15.4. The fourth-order valence-electron chi connectivity index (χ4n) is 3.06. The average molecular weight is 348 g/mol. The molecule has 1 aromatic heterocycles. The van der Waals surface area contributed by atoms with Gasteiger partial charge in [-0.15, -0.1) is 0 Å². The molecule has 0 bridgehead atoms. The summed E-state index contributed by atoms with van der Waals surface area (Å²) in [5.41, 5.74) is 1.40. The molecule has 1 aromatic carbocycles. The van der Waals surface area contributed by atoms with Gasteiger partial charge in [-0.25, -0.2) is 9.18 Å². The number of H-pyrrole nitrogens is 1. The maximum absolute atomic E-state index is 15.5. The van der Waals surface area contributed by atoms with Gasteiger partial charge >= 0.3 is 5.69 Å². The van der Waals surface area contributed by atoms with Crippen LogP contribution in [0.4, 0.5) is 4.39 Å². The van der Waals surface area contributed by atoms with Gasteiger partial charge in [-0.1, -0.05) is 43.2 Å². The molecule has 6 heteroatoms. The van der Waals surface area contributed by atoms with E-state index < -0.39 is 17.4 Å². The maximum Gasteiger partial charge on any atom is 0.330 e. The van der Waals surface area contributed by atoms with Gasteiger partial charge < -0.3 is 4.74 Å². The van der Waals surface area contributed by atoms with E-state index in [0.717, 1.165) is 11.1 Å². The van der Waals surface area contributed by atoms with Crippen molar-refractivity contribution >= 4 is 0 Å². The summed E-state index contributed by atoms with van der Waals surface area (Å²) in [5, 5.41) is 0. The number of ether oxygens (including phenoxy) is 1. The van der Waals surface area contributed by atoms with E-state index in [1.165, 1.54) is 4.57 Å². The normalized spacial score (nSPS) is 12.6. The molecule has 0 aliphatic carbocycles. The lowest BCUT2D eigenvalue weighted by molar-refractivity contribution is 0.0792. The van der Waals surface area contributed by atoms with Crippen LogP contribution in [-0.4, -0.2) is 16.2 Å². The Morgan fingerprint density at radius 1 is 1.16 bits per heavy atom. The molecule has 0 amide bonds. The molecule has 0 fully saturated rings. The van der Waals surface area contributed by atoms with Gasteiger partial charge in [-0.2, -0.15) is 0 Å². The third-order valence-corrected chi connectivity index (χ3v) is 4.06. The van der Waals surface area contributed by atoms with Crippen LogP contribution in [-0.2, 0) is 11.5 Å². The molecular formula is C19H25FN2O3. The summed E-state index contributed by atoms with van der Waals surface area (Å²) in [7, 11) is 0. The first-order valence-corrected chi connectivity index (χ1v) is 8.43. The van der Waals surface area contributed by atoms with Crippen molar-refractivity contribution in [1.82, 2.24) is 9.55 Å². The zero-order valence-corrected chi connectivity index (χ0v) is 15.4. The van der Waals surface area contributed by atoms with E-state index >= 15 is 4.39 Å². The van der Waals surface area contributed by atoms with Crippen molar-refractivity contribution in [3.8, 4) is 0 Å². The summed E-state index contributed by atoms with van der Waals surface area (Å²) in [6.45, 7) is 9.44. The highest BCUT2D eigenvalue weighted by Gasteiger charge is 2.26. The smallest absolute Gasteiger partial charge is 0.330 e. The fourth-order valence-corrected chi connectivity index (χ4v) is 3.06. The minimum Gasteiger partial charge on any atom is -0.361 e. The summed E-state index contributed by atoms with van der Waals surface area (Å²) in [4.78, 5) is 26.9. The molecule has 0 spiro atoms. The highest BCUT2D eigenvalue weighted by Crippen LogP contribution is 2.31. The van der Waals surface area contributed by atoms with Crippen LogP contribution in [0.25, 0.3) is 0 Å². The van der Waals surface area contributed by atoms with Gasteiger partial charge in [0.2, 0.25) is 0 Å². The summed E-state index contributed by atoms with van der Waals surface area (Å²) < 4.78 is 22.0. The van der Waals surface area contributed by atoms with Gasteiger partial charge in [-0.3, -0.25) is 14.3 Å². The number of nitrogens with zero attached hydrogens (tertiary/aromatic N) is 1. The zero-order chi connectivity index (χ0) is 18.7. The van der Waals surface area contributed by atoms with E-state index in [4.69, 9.17) is 4.74 Å². The van der Waals surface area contributed by atoms with Crippen LogP contribution in [0.2, 0.25) is 0 Å². The minimum atomic E-state index is -1.59. The fraction of sp³-hybridized carbons (Fsp3) is 0.474. The molecule has 1 atom stereocenters. The summed E-state index contributed by atoms with van der Waals surface area (Å²) in [6, 6.07) is 5.42. The van der Waals surface area contributed by atoms with Crippen LogP contribution in [0.5, 0.6) is 0 Å². The lowest BCUT2D eigenvalue weighted by Gasteiger charge is -2.21. The Morgan fingerprint density at radius 3 is 2.28 bits per heavy atom. The average Bonchev–Trinajstić information content (AvgIpc) is 2.51. The number of aryl methyl sites for hydroxylation is 2. The van der Waals surface area contributed by atoms with Gasteiger partial charge in [0.1, 0.15) is 6.73 Å². The van der Waals surface area contributed by atoms with Crippen LogP contribution >= 0.6 is 0 Å². The second-order valence-corrected chi connectivity index (χ2v) is 6.55. The van der Waals surface area contributed by atoms with Crippen LogP contribution in [0.15, 0.2) is 27.8 Å². The van der Waals surface area contributed by atoms with E-state index in [-0.39, 0.29) is 23.9 Å². The van der Waals surface area contributed by atoms with Gasteiger partial charge in [0.15, 0.2) is 6.17 Å². The number of aromatic amines is 1. The molecule has 1 N–H and O–H groups in total. The van der Waals surface area contributed by atoms with Gasteiger partial charge in [0.05, 0.1) is 5.69 Å². The van der Waals surface area contributed by atoms with Crippen LogP contribution in [0.3, 0.4) is 0 Å². The maximum atomic E-state index is 15.5. The molecule has 0 saturated carbocycles. The second kappa shape index (κ2) is 7.78. The van der Waals surface area contributed by atoms with E-state index in [1.807, 2.05) is 19.9 Å². The van der Waals surface area contributed by atoms with Crippen molar-refractivity contribution in [3.05, 3.63) is 67.0 Å². The van der Waals surface area contributed by atoms with Gasteiger partial charge in [0.25, 0.3) is 5.56 Å². The number of hydrogen-bond acceptors (Lipinski definition) is 3. The Kier molecular flexibility index (Phi) is 5.95. The monoisotopic (exact) mass is 348 g/mol. The van der Waals surface area contributed by atoms with E-state index in [9.17, 15) is 9.59 Å². The standard InChI is InChI=1S/C19H25FN2O3/c1-6-25-10-22-17(15(11(2)3)18(23)21-19(22)24)16(20)14-8-12(4)7-13(5)9-14/h7-9,11,16H,6,10H2,1-5H3,(H,21,23,24). The number of benzene rings is 1. The predicted octanol–water partition coefficient (Wildman–Crippen LogP) is 3.33. The molecule has 25 heavy (non-hydrogen) atoms. The highest BCUT2D eigenvalue weighted by atomic mass is 19.1. The number of hydrogen-bond donors (Lipinski definition) is 1. The van der Waals surface area contributed by atoms with Crippen molar-refractivity contribution in [2.45, 2.75) is 53.4 Å². The first-order chi connectivity index (χ1) is 11.8. The third-order valence-electron chi connectivity index (χ3n) is 4.06. The van der Waals surface area contributed by atoms with Crippen molar-refractivity contribution in [2.24, 2.45) is 0 Å². The lowest BCUT2D eigenvalue weighted by atomic mass is 9.95. The molecule has 0 radical (unpaired) electrons. The lowest BCUT2D eigenvalue weighted by Crippen LogP contribution is -2.37. The molecule has 2 rings (SSSR count). The van der Waals surface area contributed by atoms with E-state index in [2.05, 4.69) is 4.98 Å². The number of nitrogens with one attached hydrogen (secondary N) is 1. The first-order valence-electron chi connectivity index (χ1n) is 8.43. The van der Waals surface area contributed by atoms with Crippen molar-refractivity contribution in [3.63, 3.8) is 0 Å². The largest absolute Gasteiger partial charge is 0.361 e. The van der Waals surface area contributed by atoms with Crippen LogP contribution < -0.4 is 11.2 Å². The summed E-state index contributed by atoms with van der Waals surface area (Å²) in [5.74, 6) is -0.239. The number of rotatable bonds is 6. The number of aromatic nitrogens is 2. The summed E-state index contributed by atoms with van der Waals surface area (Å²) >= 11 is 0. The molecule has 5 nitrogen and oxygen atoms in total. The molecule has 0 aliphatic rings. The Bertz CT molecular complexity index is 848. The molecule has 2 aromatic rings. The number of alkyl halides is 1. The van der Waals surface area contributed by atoms with Crippen molar-refractivity contribution in [1.29, 1.82) is 0 Å². The van der Waals surface area contributed by atoms with Crippen molar-refractivity contribution in [2.75, 3.05) is 6.61 Å². The molecule has 136 valence electrons. The second-order valence-electron chi connectivity index (χ2n) is 6.55. The third kappa shape index (κ3) is 4.07. The quantitative estimate of drug-likeness (QED) is 0.871. The molecule has 1 heterocycles. The Balaban J connectivity index is 2.75. The van der Waals surface area contributed by atoms with E-state index in [0.29, 0.717) is 12.2 Å². The Morgan fingerprint density at radius 2 is 1.76 bits per heavy atom. The first kappa shape index (κ1) is 19.1. The SMILES string of the molecule is CCOCn1c(C(F)c2cc(C)cc(C)c2)c(C(C)C)c(=O)[nH]c1=O. The molecular weight excluding hydrogens is 323 g/mol. The number of halogens is 1. The highest BCUT2D eigenvalue weighted by molar-refractivity contribution is 5.36. The molecule has 0 aliphatic heterocycles. The summed E-state index contributed by atoms with van der Waals surface area (Å²) in [6.07, 6.45) is -1.59. The van der Waals surface area contributed by atoms with Gasteiger partial charge in [0, 0.05) is 12.2 Å². The van der Waals surface area contributed by atoms with Crippen molar-refractivity contribution < 1.29 is 9.13 Å². The van der Waals surface area contributed by atoms with E-state index in [1.54, 1.807) is 32.9 Å². The topological polar surface area (TPSA) is 64.1 Å². The van der Waals surface area contributed by atoms with Crippen LogP contribution in [0.1, 0.15) is 60.8 Å². The molecule has 1 unspecified atom stereocenters. The Hall–Kier alpha value is -2.21. The van der Waals surface area contributed by atoms with Gasteiger partial charge in [-0.05, 0) is 32.3 Å². The molecule has 0 saturated heterocycles. The predicted molar refractivity (Wildman–Crippen MR) is 95.9 cm³/mol. The van der Waals surface area contributed by atoms with Crippen LogP contribution in [0, 0.1) is 13.8 Å². The minimum absolute atomic E-state index is 0.0715.